The van der Waals surface area contributed by atoms with Crippen LogP contribution in [0.1, 0.15) is 19.3 Å². The van der Waals surface area contributed by atoms with E-state index in [4.69, 9.17) is 18.6 Å². The monoisotopic (exact) mass is 456 g/mol. The third-order valence-corrected chi connectivity index (χ3v) is 7.29. The maximum Gasteiger partial charge on any atom is 0.236 e. The van der Waals surface area contributed by atoms with Gasteiger partial charge in [-0.05, 0) is 43.5 Å². The summed E-state index contributed by atoms with van der Waals surface area (Å²) in [6.45, 7) is 2.23. The number of ether oxygens (including phenoxy) is 3. The molecule has 0 aliphatic carbocycles. The van der Waals surface area contributed by atoms with E-state index in [9.17, 15) is 8.42 Å². The largest absolute Gasteiger partial charge is 0.496 e. The summed E-state index contributed by atoms with van der Waals surface area (Å²) < 4.78 is 50.1. The summed E-state index contributed by atoms with van der Waals surface area (Å²) in [7, 11) is -2.43. The molecule has 3 aromatic rings. The molecular formula is C23H24N2O6S. The lowest BCUT2D eigenvalue weighted by atomic mass is 10.1. The number of hydrogen-bond donors (Lipinski definition) is 0. The first-order chi connectivity index (χ1) is 15.6. The van der Waals surface area contributed by atoms with E-state index in [1.165, 1.54) is 12.1 Å². The molecule has 0 N–H and O–H groups in total. The Hall–Kier alpha value is -3.20. The second-order valence-electron chi connectivity index (χ2n) is 7.69. The normalized spacial score (nSPS) is 16.1. The summed E-state index contributed by atoms with van der Waals surface area (Å²) in [5.74, 6) is 1.97. The molecule has 0 saturated carbocycles. The van der Waals surface area contributed by atoms with Crippen LogP contribution in [0.3, 0.4) is 0 Å². The Labute approximate surface area is 186 Å². The summed E-state index contributed by atoms with van der Waals surface area (Å²) in [4.78, 5) is 6.52. The third kappa shape index (κ3) is 3.66. The van der Waals surface area contributed by atoms with Gasteiger partial charge in [-0.3, -0.25) is 0 Å². The van der Waals surface area contributed by atoms with Gasteiger partial charge in [0.2, 0.25) is 26.6 Å². The van der Waals surface area contributed by atoms with Crippen molar-refractivity contribution in [2.45, 2.75) is 29.2 Å². The maximum atomic E-state index is 13.7. The molecule has 8 nitrogen and oxygen atoms in total. The van der Waals surface area contributed by atoms with Crippen LogP contribution in [0, 0.1) is 0 Å². The van der Waals surface area contributed by atoms with Gasteiger partial charge in [0, 0.05) is 19.2 Å². The number of methoxy groups -OCH3 is 1. The predicted molar refractivity (Wildman–Crippen MR) is 117 cm³/mol. The zero-order chi connectivity index (χ0) is 22.1. The lowest BCUT2D eigenvalue weighted by Crippen LogP contribution is -2.30. The molecule has 168 valence electrons. The SMILES string of the molecule is COc1ccccc1-c1nc(S(=O)(=O)c2ccc3c(c2)OCCO3)c(N2CCCCC2)o1. The summed E-state index contributed by atoms with van der Waals surface area (Å²) in [6, 6.07) is 11.9. The van der Waals surface area contributed by atoms with Gasteiger partial charge in [-0.2, -0.15) is 4.98 Å². The Bertz CT molecular complexity index is 1230. The Morgan fingerprint density at radius 2 is 1.72 bits per heavy atom. The average Bonchev–Trinajstić information content (AvgIpc) is 3.30. The molecule has 2 aliphatic heterocycles. The van der Waals surface area contributed by atoms with Gasteiger partial charge >= 0.3 is 0 Å². The number of sulfone groups is 1. The highest BCUT2D eigenvalue weighted by Gasteiger charge is 2.33. The van der Waals surface area contributed by atoms with Gasteiger partial charge in [0.15, 0.2) is 11.5 Å². The Morgan fingerprint density at radius 1 is 0.969 bits per heavy atom. The second kappa shape index (κ2) is 8.38. The van der Waals surface area contributed by atoms with E-state index in [2.05, 4.69) is 4.98 Å². The molecule has 32 heavy (non-hydrogen) atoms. The van der Waals surface area contributed by atoms with E-state index < -0.39 is 9.84 Å². The summed E-state index contributed by atoms with van der Waals surface area (Å²) in [5.41, 5.74) is 0.594. The van der Waals surface area contributed by atoms with Crippen LogP contribution in [0.5, 0.6) is 17.2 Å². The topological polar surface area (TPSA) is 91.1 Å². The van der Waals surface area contributed by atoms with Crippen molar-refractivity contribution in [3.63, 3.8) is 0 Å². The van der Waals surface area contributed by atoms with Crippen LogP contribution in [-0.2, 0) is 9.84 Å². The average molecular weight is 457 g/mol. The number of fused-ring (bicyclic) bond motifs is 1. The molecular weight excluding hydrogens is 432 g/mol. The van der Waals surface area contributed by atoms with Crippen LogP contribution in [0.15, 0.2) is 56.8 Å². The Kier molecular flexibility index (Phi) is 5.42. The minimum Gasteiger partial charge on any atom is -0.496 e. The van der Waals surface area contributed by atoms with Crippen molar-refractivity contribution in [1.29, 1.82) is 0 Å². The molecule has 1 saturated heterocycles. The molecule has 9 heteroatoms. The molecule has 2 aromatic carbocycles. The van der Waals surface area contributed by atoms with E-state index in [0.29, 0.717) is 49.1 Å². The number of benzene rings is 2. The third-order valence-electron chi connectivity index (χ3n) is 5.64. The van der Waals surface area contributed by atoms with Crippen molar-refractivity contribution < 1.29 is 27.0 Å². The molecule has 5 rings (SSSR count). The minimum absolute atomic E-state index is 0.0832. The van der Waals surface area contributed by atoms with Crippen molar-refractivity contribution in [1.82, 2.24) is 4.98 Å². The van der Waals surface area contributed by atoms with Crippen molar-refractivity contribution in [2.75, 3.05) is 38.3 Å². The quantitative estimate of drug-likeness (QED) is 0.570. The van der Waals surface area contributed by atoms with E-state index in [1.54, 1.807) is 25.3 Å². The molecule has 0 radical (unpaired) electrons. The predicted octanol–water partition coefficient (Wildman–Crippen LogP) is 3.94. The number of rotatable bonds is 5. The Morgan fingerprint density at radius 3 is 2.50 bits per heavy atom. The van der Waals surface area contributed by atoms with Crippen LogP contribution in [0.2, 0.25) is 0 Å². The highest BCUT2D eigenvalue weighted by atomic mass is 32.2. The molecule has 0 unspecified atom stereocenters. The maximum absolute atomic E-state index is 13.7. The zero-order valence-electron chi connectivity index (χ0n) is 17.7. The molecule has 0 atom stereocenters. The highest BCUT2D eigenvalue weighted by molar-refractivity contribution is 7.91. The van der Waals surface area contributed by atoms with Gasteiger partial charge in [0.1, 0.15) is 19.0 Å². The lowest BCUT2D eigenvalue weighted by molar-refractivity contribution is 0.171. The number of nitrogens with zero attached hydrogens (tertiary/aromatic N) is 2. The molecule has 0 amide bonds. The highest BCUT2D eigenvalue weighted by Crippen LogP contribution is 2.40. The van der Waals surface area contributed by atoms with Crippen molar-refractivity contribution >= 4 is 15.7 Å². The van der Waals surface area contributed by atoms with Crippen LogP contribution < -0.4 is 19.1 Å². The zero-order valence-corrected chi connectivity index (χ0v) is 18.6. The molecule has 0 spiro atoms. The van der Waals surface area contributed by atoms with E-state index >= 15 is 0 Å². The van der Waals surface area contributed by atoms with Crippen LogP contribution >= 0.6 is 0 Å². The van der Waals surface area contributed by atoms with Gasteiger partial charge in [0.05, 0.1) is 17.6 Å². The minimum atomic E-state index is -3.98. The fourth-order valence-corrected chi connectivity index (χ4v) is 5.35. The van der Waals surface area contributed by atoms with Gasteiger partial charge < -0.3 is 23.5 Å². The standard InChI is InChI=1S/C23H24N2O6S/c1-28-18-8-4-3-7-17(18)21-24-22(23(31-21)25-11-5-2-6-12-25)32(26,27)16-9-10-19-20(15-16)30-14-13-29-19/h3-4,7-10,15H,2,5-6,11-14H2,1H3. The molecule has 1 fully saturated rings. The van der Waals surface area contributed by atoms with Crippen molar-refractivity contribution in [3.8, 4) is 28.7 Å². The first-order valence-corrected chi connectivity index (χ1v) is 12.1. The number of aromatic nitrogens is 1. The van der Waals surface area contributed by atoms with Gasteiger partial charge in [-0.1, -0.05) is 12.1 Å². The lowest BCUT2D eigenvalue weighted by Gasteiger charge is -2.26. The van der Waals surface area contributed by atoms with E-state index in [-0.39, 0.29) is 21.7 Å². The fraction of sp³-hybridized carbons (Fsp3) is 0.348. The molecule has 3 heterocycles. The number of para-hydroxylation sites is 1. The van der Waals surface area contributed by atoms with Crippen LogP contribution in [0.4, 0.5) is 5.88 Å². The number of anilines is 1. The molecule has 0 bridgehead atoms. The Balaban J connectivity index is 1.64. The smallest absolute Gasteiger partial charge is 0.236 e. The van der Waals surface area contributed by atoms with Gasteiger partial charge in [-0.25, -0.2) is 8.42 Å². The molecule has 2 aliphatic rings. The summed E-state index contributed by atoms with van der Waals surface area (Å²) >= 11 is 0. The first-order valence-electron chi connectivity index (χ1n) is 10.6. The van der Waals surface area contributed by atoms with E-state index in [0.717, 1.165) is 19.3 Å². The summed E-state index contributed by atoms with van der Waals surface area (Å²) in [6.07, 6.45) is 3.04. The van der Waals surface area contributed by atoms with Crippen LogP contribution in [0.25, 0.3) is 11.5 Å². The number of piperidine rings is 1. The fourth-order valence-electron chi connectivity index (χ4n) is 4.01. The van der Waals surface area contributed by atoms with Crippen molar-refractivity contribution in [2.24, 2.45) is 0 Å². The van der Waals surface area contributed by atoms with Crippen LogP contribution in [-0.4, -0.2) is 46.8 Å². The van der Waals surface area contributed by atoms with Gasteiger partial charge in [0.25, 0.3) is 0 Å². The number of hydrogen-bond acceptors (Lipinski definition) is 8. The van der Waals surface area contributed by atoms with Crippen molar-refractivity contribution in [3.05, 3.63) is 42.5 Å². The second-order valence-corrected chi connectivity index (χ2v) is 9.55. The number of oxazole rings is 1. The molecule has 1 aromatic heterocycles. The van der Waals surface area contributed by atoms with Gasteiger partial charge in [-0.15, -0.1) is 0 Å². The van der Waals surface area contributed by atoms with E-state index in [1.807, 2.05) is 17.0 Å². The first kappa shape index (κ1) is 20.7. The summed E-state index contributed by atoms with van der Waals surface area (Å²) in [5, 5.41) is -0.100.